The van der Waals surface area contributed by atoms with Crippen LogP contribution in [0, 0.1) is 5.41 Å². The highest BCUT2D eigenvalue weighted by Gasteiger charge is 2.35. The summed E-state index contributed by atoms with van der Waals surface area (Å²) < 4.78 is 6.78. The first kappa shape index (κ1) is 19.2. The van der Waals surface area contributed by atoms with Crippen molar-refractivity contribution in [3.05, 3.63) is 42.0 Å². The Bertz CT molecular complexity index is 432. The van der Waals surface area contributed by atoms with Crippen LogP contribution in [-0.4, -0.2) is 14.4 Å². The molecule has 0 amide bonds. The van der Waals surface area contributed by atoms with Gasteiger partial charge in [0.05, 0.1) is 6.10 Å². The molecule has 1 nitrogen and oxygen atoms in total. The Morgan fingerprint density at radius 1 is 1.00 bits per heavy atom. The Kier molecular flexibility index (Phi) is 7.57. The zero-order valence-electron chi connectivity index (χ0n) is 15.4. The minimum Gasteiger partial charge on any atom is -0.413 e. The Balaban J connectivity index is 2.80. The van der Waals surface area contributed by atoms with Gasteiger partial charge in [0.2, 0.25) is 0 Å². The summed E-state index contributed by atoms with van der Waals surface area (Å²) in [5, 5.41) is 0. The SMILES string of the molecule is CC[Si](CC)(CC)OC(C/C=C/c1ccccc1)C(C)(C)C. The average Bonchev–Trinajstić information content (AvgIpc) is 2.51. The number of rotatable bonds is 8. The smallest absolute Gasteiger partial charge is 0.192 e. The van der Waals surface area contributed by atoms with E-state index in [9.17, 15) is 0 Å². The van der Waals surface area contributed by atoms with Gasteiger partial charge in [0.25, 0.3) is 0 Å². The van der Waals surface area contributed by atoms with Crippen LogP contribution in [0.15, 0.2) is 36.4 Å². The maximum Gasteiger partial charge on any atom is 0.192 e. The normalized spacial score (nSPS) is 14.5. The molecule has 1 rings (SSSR count). The van der Waals surface area contributed by atoms with Gasteiger partial charge in [0.15, 0.2) is 8.32 Å². The molecule has 0 aliphatic carbocycles. The van der Waals surface area contributed by atoms with Crippen LogP contribution in [0.4, 0.5) is 0 Å². The molecular formula is C20H34OSi. The third-order valence-electron chi connectivity index (χ3n) is 4.75. The lowest BCUT2D eigenvalue weighted by molar-refractivity contribution is 0.0784. The highest BCUT2D eigenvalue weighted by atomic mass is 28.4. The van der Waals surface area contributed by atoms with Crippen molar-refractivity contribution in [3.63, 3.8) is 0 Å². The van der Waals surface area contributed by atoms with E-state index in [0.717, 1.165) is 6.42 Å². The summed E-state index contributed by atoms with van der Waals surface area (Å²) in [6.07, 6.45) is 5.80. The van der Waals surface area contributed by atoms with Gasteiger partial charge in [-0.3, -0.25) is 0 Å². The molecule has 1 aromatic carbocycles. The van der Waals surface area contributed by atoms with E-state index < -0.39 is 8.32 Å². The van der Waals surface area contributed by atoms with Crippen molar-refractivity contribution in [3.8, 4) is 0 Å². The molecule has 1 atom stereocenters. The van der Waals surface area contributed by atoms with Crippen molar-refractivity contribution < 1.29 is 4.43 Å². The van der Waals surface area contributed by atoms with E-state index >= 15 is 0 Å². The lowest BCUT2D eigenvalue weighted by Crippen LogP contribution is -2.44. The molecule has 0 saturated heterocycles. The molecule has 1 unspecified atom stereocenters. The summed E-state index contributed by atoms with van der Waals surface area (Å²) in [5.74, 6) is 0. The molecule has 124 valence electrons. The first-order valence-corrected chi connectivity index (χ1v) is 11.3. The Morgan fingerprint density at radius 3 is 2.00 bits per heavy atom. The van der Waals surface area contributed by atoms with E-state index in [4.69, 9.17) is 4.43 Å². The van der Waals surface area contributed by atoms with Gasteiger partial charge >= 0.3 is 0 Å². The maximum atomic E-state index is 6.78. The van der Waals surface area contributed by atoms with Crippen LogP contribution in [0.2, 0.25) is 18.1 Å². The molecule has 0 bridgehead atoms. The molecule has 0 radical (unpaired) electrons. The van der Waals surface area contributed by atoms with Crippen LogP contribution in [0.1, 0.15) is 53.5 Å². The van der Waals surface area contributed by atoms with Crippen LogP contribution < -0.4 is 0 Å². The molecule has 0 saturated carbocycles. The third-order valence-corrected chi connectivity index (χ3v) is 9.40. The summed E-state index contributed by atoms with van der Waals surface area (Å²) in [6.45, 7) is 13.8. The first-order valence-electron chi connectivity index (χ1n) is 8.76. The molecular weight excluding hydrogens is 284 g/mol. The van der Waals surface area contributed by atoms with Gasteiger partial charge in [-0.1, -0.05) is 84.0 Å². The van der Waals surface area contributed by atoms with Crippen molar-refractivity contribution >= 4 is 14.4 Å². The molecule has 2 heteroatoms. The average molecular weight is 319 g/mol. The zero-order valence-corrected chi connectivity index (χ0v) is 16.4. The molecule has 22 heavy (non-hydrogen) atoms. The summed E-state index contributed by atoms with van der Waals surface area (Å²) in [4.78, 5) is 0. The van der Waals surface area contributed by atoms with E-state index in [0.29, 0.717) is 6.10 Å². The Labute approximate surface area is 138 Å². The van der Waals surface area contributed by atoms with Gasteiger partial charge in [-0.15, -0.1) is 0 Å². The largest absolute Gasteiger partial charge is 0.413 e. The van der Waals surface area contributed by atoms with Crippen LogP contribution in [0.3, 0.4) is 0 Å². The molecule has 0 aromatic heterocycles. The van der Waals surface area contributed by atoms with Crippen LogP contribution >= 0.6 is 0 Å². The molecule has 0 N–H and O–H groups in total. The molecule has 0 fully saturated rings. The topological polar surface area (TPSA) is 9.23 Å². The predicted molar refractivity (Wildman–Crippen MR) is 102 cm³/mol. The third kappa shape index (κ3) is 5.73. The van der Waals surface area contributed by atoms with Gasteiger partial charge in [0.1, 0.15) is 0 Å². The van der Waals surface area contributed by atoms with Gasteiger partial charge < -0.3 is 4.43 Å². The summed E-state index contributed by atoms with van der Waals surface area (Å²) in [6, 6.07) is 14.2. The van der Waals surface area contributed by atoms with Gasteiger partial charge in [-0.25, -0.2) is 0 Å². The minimum atomic E-state index is -1.55. The zero-order chi connectivity index (χ0) is 16.6. The fraction of sp³-hybridized carbons (Fsp3) is 0.600. The van der Waals surface area contributed by atoms with Crippen LogP contribution in [0.25, 0.3) is 6.08 Å². The second-order valence-corrected chi connectivity index (χ2v) is 12.0. The molecule has 0 aliphatic rings. The van der Waals surface area contributed by atoms with Crippen molar-refractivity contribution in [2.24, 2.45) is 5.41 Å². The van der Waals surface area contributed by atoms with E-state index in [1.54, 1.807) is 0 Å². The second kappa shape index (κ2) is 8.69. The summed E-state index contributed by atoms with van der Waals surface area (Å²) in [7, 11) is -1.55. The minimum absolute atomic E-state index is 0.179. The van der Waals surface area contributed by atoms with E-state index in [1.165, 1.54) is 23.7 Å². The highest BCUT2D eigenvalue weighted by Crippen LogP contribution is 2.32. The lowest BCUT2D eigenvalue weighted by atomic mass is 9.87. The monoisotopic (exact) mass is 318 g/mol. The number of hydrogen-bond donors (Lipinski definition) is 0. The van der Waals surface area contributed by atoms with Crippen LogP contribution in [-0.2, 0) is 4.43 Å². The van der Waals surface area contributed by atoms with E-state index in [2.05, 4.69) is 84.0 Å². The predicted octanol–water partition coefficient (Wildman–Crippen LogP) is 6.53. The number of benzene rings is 1. The molecule has 0 heterocycles. The van der Waals surface area contributed by atoms with Crippen LogP contribution in [0.5, 0.6) is 0 Å². The number of hydrogen-bond acceptors (Lipinski definition) is 1. The van der Waals surface area contributed by atoms with Crippen molar-refractivity contribution in [2.75, 3.05) is 0 Å². The lowest BCUT2D eigenvalue weighted by Gasteiger charge is -2.39. The molecule has 0 spiro atoms. The Morgan fingerprint density at radius 2 is 1.55 bits per heavy atom. The maximum absolute atomic E-state index is 6.78. The van der Waals surface area contributed by atoms with Crippen molar-refractivity contribution in [1.29, 1.82) is 0 Å². The second-order valence-electron chi connectivity index (χ2n) is 7.26. The highest BCUT2D eigenvalue weighted by molar-refractivity contribution is 6.73. The fourth-order valence-corrected chi connectivity index (χ4v) is 5.83. The van der Waals surface area contributed by atoms with Crippen molar-refractivity contribution in [2.45, 2.75) is 72.2 Å². The van der Waals surface area contributed by atoms with Crippen molar-refractivity contribution in [1.82, 2.24) is 0 Å². The summed E-state index contributed by atoms with van der Waals surface area (Å²) >= 11 is 0. The van der Waals surface area contributed by atoms with E-state index in [-0.39, 0.29) is 5.41 Å². The molecule has 1 aromatic rings. The van der Waals surface area contributed by atoms with Gasteiger partial charge in [-0.2, -0.15) is 0 Å². The first-order chi connectivity index (χ1) is 10.4. The summed E-state index contributed by atoms with van der Waals surface area (Å²) in [5.41, 5.74) is 1.44. The standard InChI is InChI=1S/C20H34OSi/c1-7-22(8-2,9-3)21-19(20(4,5)6)17-13-16-18-14-11-10-12-15-18/h10-16,19H,7-9,17H2,1-6H3/b16-13+. The van der Waals surface area contributed by atoms with Gasteiger partial charge in [0, 0.05) is 0 Å². The fourth-order valence-electron chi connectivity index (χ4n) is 2.77. The van der Waals surface area contributed by atoms with Gasteiger partial charge in [-0.05, 0) is 35.5 Å². The van der Waals surface area contributed by atoms with E-state index in [1.807, 2.05) is 0 Å². The molecule has 0 aliphatic heterocycles. The quantitative estimate of drug-likeness (QED) is 0.495. The Hall–Kier alpha value is -0.863.